The maximum absolute atomic E-state index is 10.6. The molecule has 5 aromatic rings. The molecule has 6 rings (SSSR count). The number of anilines is 2. The first-order valence-electron chi connectivity index (χ1n) is 15.4. The summed E-state index contributed by atoms with van der Waals surface area (Å²) in [7, 11) is 6.18. The van der Waals surface area contributed by atoms with Crippen LogP contribution in [0.2, 0.25) is 0 Å². The highest BCUT2D eigenvalue weighted by molar-refractivity contribution is 5.91. The number of nitrogen functional groups attached to an aromatic ring is 2. The number of fused-ring (bicyclic) bond motifs is 2. The molecule has 52 heavy (non-hydrogen) atoms. The van der Waals surface area contributed by atoms with Crippen molar-refractivity contribution in [2.24, 2.45) is 0 Å². The molecule has 0 unspecified atom stereocenters. The Hall–Kier alpha value is -5.87. The summed E-state index contributed by atoms with van der Waals surface area (Å²) in [5.41, 5.74) is 13.2. The van der Waals surface area contributed by atoms with Crippen LogP contribution in [0.5, 0.6) is 5.75 Å². The number of carbonyl (C=O) groups is 3. The van der Waals surface area contributed by atoms with Crippen LogP contribution < -0.4 is 16.2 Å². The number of rotatable bonds is 7. The van der Waals surface area contributed by atoms with Crippen LogP contribution in [0.25, 0.3) is 22.3 Å². The van der Waals surface area contributed by atoms with E-state index in [-0.39, 0.29) is 23.1 Å². The minimum absolute atomic E-state index is 0.0160. The number of aromatic nitrogens is 8. The number of hydrogen-bond donors (Lipinski definition) is 7. The Morgan fingerprint density at radius 2 is 1.62 bits per heavy atom. The van der Waals surface area contributed by atoms with Crippen LogP contribution in [-0.2, 0) is 19.1 Å². The molecule has 1 aliphatic heterocycles. The van der Waals surface area contributed by atoms with E-state index < -0.39 is 43.1 Å². The van der Waals surface area contributed by atoms with Gasteiger partial charge in [0.05, 0.1) is 40.4 Å². The predicted molar refractivity (Wildman–Crippen MR) is 183 cm³/mol. The number of imidazole rings is 2. The SMILES string of the molecule is CC(=O)OCC[N+](C)(C)C.CC(=O)Oc1ccccc1C(=O)O.Nc1ncnc2c1ncn2[C@@H]1O[C@H](CO)[C@@H](O)[C@H]1O.Nc1ncnc2nc[nH]c12. The van der Waals surface area contributed by atoms with Gasteiger partial charge in [0.1, 0.15) is 66.5 Å². The number of ether oxygens (including phenoxy) is 3. The number of nitrogens with zero attached hydrogens (tertiary/aromatic N) is 8. The largest absolute Gasteiger partial charge is 0.478 e. The maximum atomic E-state index is 10.6. The molecule has 1 aliphatic rings. The molecule has 0 amide bonds. The minimum atomic E-state index is -1.19. The summed E-state index contributed by atoms with van der Waals surface area (Å²) in [6, 6.07) is 5.98. The molecule has 0 aliphatic carbocycles. The molecule has 1 fully saturated rings. The number of aliphatic hydroxyl groups excluding tert-OH is 3. The average molecular weight is 729 g/mol. The zero-order chi connectivity index (χ0) is 38.6. The van der Waals surface area contributed by atoms with Gasteiger partial charge in [0.2, 0.25) is 0 Å². The first kappa shape index (κ1) is 40.6. The number of quaternary nitrogens is 1. The molecular weight excluding hydrogens is 686 g/mol. The highest BCUT2D eigenvalue weighted by atomic mass is 16.6. The Bertz CT molecular complexity index is 1950. The lowest BCUT2D eigenvalue weighted by atomic mass is 10.1. The molecule has 9 N–H and O–H groups in total. The zero-order valence-electron chi connectivity index (χ0n) is 29.0. The maximum Gasteiger partial charge on any atom is 0.339 e. The van der Waals surface area contributed by atoms with Gasteiger partial charge >= 0.3 is 17.9 Å². The summed E-state index contributed by atoms with van der Waals surface area (Å²) in [6.45, 7) is 3.63. The lowest BCUT2D eigenvalue weighted by molar-refractivity contribution is -0.870. The lowest BCUT2D eigenvalue weighted by Gasteiger charge is -2.23. The number of nitrogens with one attached hydrogen (secondary N) is 1. The molecule has 0 radical (unpaired) electrons. The molecule has 280 valence electrons. The second-order valence-electron chi connectivity index (χ2n) is 11.9. The molecule has 0 spiro atoms. The van der Waals surface area contributed by atoms with Crippen LogP contribution in [0, 0.1) is 0 Å². The fourth-order valence-electron chi connectivity index (χ4n) is 4.30. The van der Waals surface area contributed by atoms with Gasteiger partial charge in [-0.3, -0.25) is 14.2 Å². The Morgan fingerprint density at radius 3 is 2.21 bits per heavy atom. The van der Waals surface area contributed by atoms with Crippen LogP contribution in [-0.4, -0.2) is 141 Å². The monoisotopic (exact) mass is 728 g/mol. The molecule has 0 bridgehead atoms. The van der Waals surface area contributed by atoms with Gasteiger partial charge < -0.3 is 55.6 Å². The molecule has 5 heterocycles. The summed E-state index contributed by atoms with van der Waals surface area (Å²) < 4.78 is 17.1. The number of benzene rings is 1. The van der Waals surface area contributed by atoms with Gasteiger partial charge in [-0.15, -0.1) is 0 Å². The summed E-state index contributed by atoms with van der Waals surface area (Å²) in [5, 5.41) is 37.4. The smallest absolute Gasteiger partial charge is 0.339 e. The molecule has 1 saturated heterocycles. The normalized spacial score (nSPS) is 17.8. The Labute approximate surface area is 296 Å². The molecule has 0 saturated carbocycles. The molecule has 4 aromatic heterocycles. The van der Waals surface area contributed by atoms with Gasteiger partial charge in [0.25, 0.3) is 0 Å². The van der Waals surface area contributed by atoms with Gasteiger partial charge in [0, 0.05) is 13.8 Å². The number of hydrogen-bond acceptors (Lipinski definition) is 17. The number of aromatic amines is 1. The fourth-order valence-corrected chi connectivity index (χ4v) is 4.30. The van der Waals surface area contributed by atoms with E-state index >= 15 is 0 Å². The van der Waals surface area contributed by atoms with E-state index in [2.05, 4.69) is 60.8 Å². The number of likely N-dealkylation sites (N-methyl/N-ethyl adjacent to an activating group) is 1. The Morgan fingerprint density at radius 1 is 0.942 bits per heavy atom. The molecule has 21 heteroatoms. The van der Waals surface area contributed by atoms with Crippen LogP contribution >= 0.6 is 0 Å². The number of aromatic carboxylic acids is 1. The lowest BCUT2D eigenvalue weighted by Crippen LogP contribution is -2.37. The Kier molecular flexibility index (Phi) is 14.3. The van der Waals surface area contributed by atoms with Crippen molar-refractivity contribution < 1.29 is 53.5 Å². The molecule has 1 aromatic carbocycles. The van der Waals surface area contributed by atoms with Crippen LogP contribution in [0.3, 0.4) is 0 Å². The number of nitrogens with two attached hydrogens (primary N) is 2. The third kappa shape index (κ3) is 11.3. The number of aliphatic hydroxyl groups is 3. The Balaban J connectivity index is 0.000000195. The second kappa shape index (κ2) is 18.4. The third-order valence-electron chi connectivity index (χ3n) is 6.87. The number of H-pyrrole nitrogens is 1. The van der Waals surface area contributed by atoms with Crippen LogP contribution in [0.4, 0.5) is 11.6 Å². The van der Waals surface area contributed by atoms with E-state index in [1.807, 2.05) is 0 Å². The van der Waals surface area contributed by atoms with E-state index in [9.17, 15) is 24.6 Å². The van der Waals surface area contributed by atoms with Gasteiger partial charge in [-0.1, -0.05) is 12.1 Å². The van der Waals surface area contributed by atoms with Crippen molar-refractivity contribution in [3.8, 4) is 5.75 Å². The van der Waals surface area contributed by atoms with Crippen molar-refractivity contribution in [2.45, 2.75) is 38.4 Å². The fraction of sp³-hybridized carbons (Fsp3) is 0.387. The van der Waals surface area contributed by atoms with Crippen molar-refractivity contribution in [1.82, 2.24) is 39.5 Å². The third-order valence-corrected chi connectivity index (χ3v) is 6.87. The number of carboxylic acid groups (broad SMARTS) is 1. The van der Waals surface area contributed by atoms with Crippen molar-refractivity contribution in [3.63, 3.8) is 0 Å². The molecule has 21 nitrogen and oxygen atoms in total. The highest BCUT2D eigenvalue weighted by Gasteiger charge is 2.44. The summed E-state index contributed by atoms with van der Waals surface area (Å²) in [5.74, 6) is -1.13. The quantitative estimate of drug-likeness (QED) is 0.0632. The number of carboxylic acids is 1. The van der Waals surface area contributed by atoms with Crippen LogP contribution in [0.15, 0.2) is 49.6 Å². The zero-order valence-corrected chi connectivity index (χ0v) is 29.0. The van der Waals surface area contributed by atoms with Gasteiger partial charge in [-0.25, -0.2) is 34.7 Å². The summed E-state index contributed by atoms with van der Waals surface area (Å²) in [6.07, 6.45) is 1.50. The van der Waals surface area contributed by atoms with Gasteiger partial charge in [-0.05, 0) is 12.1 Å². The molecular formula is C31H42N11O10+. The van der Waals surface area contributed by atoms with Gasteiger partial charge in [-0.2, -0.15) is 0 Å². The van der Waals surface area contributed by atoms with Crippen molar-refractivity contribution in [3.05, 3.63) is 55.1 Å². The molecule has 4 atom stereocenters. The summed E-state index contributed by atoms with van der Waals surface area (Å²) >= 11 is 0. The van der Waals surface area contributed by atoms with E-state index in [1.54, 1.807) is 12.1 Å². The first-order chi connectivity index (χ1) is 24.5. The predicted octanol–water partition coefficient (Wildman–Crippen LogP) is -0.479. The van der Waals surface area contributed by atoms with E-state index in [1.165, 1.54) is 55.9 Å². The number of para-hydroxylation sites is 1. The summed E-state index contributed by atoms with van der Waals surface area (Å²) in [4.78, 5) is 57.7. The van der Waals surface area contributed by atoms with E-state index in [0.717, 1.165) is 11.0 Å². The highest BCUT2D eigenvalue weighted by Crippen LogP contribution is 2.31. The number of esters is 2. The van der Waals surface area contributed by atoms with Crippen molar-refractivity contribution in [1.29, 1.82) is 0 Å². The first-order valence-corrected chi connectivity index (χ1v) is 15.4. The second-order valence-corrected chi connectivity index (χ2v) is 11.9. The van der Waals surface area contributed by atoms with Crippen molar-refractivity contribution >= 4 is 51.9 Å². The van der Waals surface area contributed by atoms with Crippen molar-refractivity contribution in [2.75, 3.05) is 52.4 Å². The van der Waals surface area contributed by atoms with E-state index in [0.29, 0.717) is 34.8 Å². The minimum Gasteiger partial charge on any atom is -0.478 e. The van der Waals surface area contributed by atoms with E-state index in [4.69, 9.17) is 31.2 Å². The van der Waals surface area contributed by atoms with Crippen LogP contribution in [0.1, 0.15) is 30.4 Å². The number of carbonyl (C=O) groups excluding carboxylic acids is 2. The standard InChI is InChI=1S/C10H13N5O4.C9H8O4.C7H16NO2.C5H5N5/c11-8-5-9(13-2-12-8)15(3-14-5)10-7(18)6(17)4(1-16)19-10;1-6(10)13-8-5-3-2-4-7(8)9(11)12;1-7(9)10-6-5-8(2,3)4;6-4-3-5(9-1-7-3)10-2-8-4/h2-4,6-7,10,16-18H,1H2,(H2,11,12,13);2-5H,1H3,(H,11,12);5-6H2,1-4H3;1-2H,(H3,6,7,8,9,10)/q;;+1;/t4-,6-,7-,10-;;;/m1.../s1. The topological polar surface area (TPSA) is 310 Å². The van der Waals surface area contributed by atoms with Gasteiger partial charge in [0.15, 0.2) is 29.2 Å². The average Bonchev–Trinajstić information content (AvgIpc) is 3.80.